The SMILES string of the molecule is CCCC[Si](CCCC)(SCCC[Si](OC)(OC)OC)SCCC[Si](OC)(OC)OC. The summed E-state index contributed by atoms with van der Waals surface area (Å²) in [5.74, 6) is 2.31. The van der Waals surface area contributed by atoms with Crippen LogP contribution in [0.25, 0.3) is 0 Å². The number of hydrogen-bond donors (Lipinski definition) is 0. The highest BCUT2D eigenvalue weighted by molar-refractivity contribution is 8.58. The topological polar surface area (TPSA) is 55.4 Å². The highest BCUT2D eigenvalue weighted by Crippen LogP contribution is 2.43. The molecule has 0 N–H and O–H groups in total. The second-order valence-electron chi connectivity index (χ2n) is 7.61. The van der Waals surface area contributed by atoms with Gasteiger partial charge in [-0.3, -0.25) is 0 Å². The summed E-state index contributed by atoms with van der Waals surface area (Å²) in [5.41, 5.74) is 0. The summed E-state index contributed by atoms with van der Waals surface area (Å²) in [7, 11) is 5.27. The molecule has 0 aliphatic heterocycles. The van der Waals surface area contributed by atoms with Gasteiger partial charge in [-0.15, -0.1) is 0 Å². The van der Waals surface area contributed by atoms with Gasteiger partial charge in [0.1, 0.15) is 0 Å². The molecule has 0 atom stereocenters. The maximum absolute atomic E-state index is 5.60. The Bertz CT molecular complexity index is 375. The average Bonchev–Trinajstić information content (AvgIpc) is 2.82. The van der Waals surface area contributed by atoms with Gasteiger partial charge in [-0.1, -0.05) is 39.5 Å². The third kappa shape index (κ3) is 11.9. The van der Waals surface area contributed by atoms with Crippen molar-refractivity contribution >= 4 is 46.4 Å². The lowest BCUT2D eigenvalue weighted by Gasteiger charge is -2.32. The van der Waals surface area contributed by atoms with Gasteiger partial charge in [-0.2, -0.15) is 22.4 Å². The standard InChI is InChI=1S/C20H48O6S2Si3/c1-9-11-17-29(18-12-10-2,27-15-13-19-30(21-3,22-4)23-5)28-16-14-20-31(24-6,25-7)26-8/h9-20H2,1-8H3. The van der Waals surface area contributed by atoms with Crippen LogP contribution in [0.5, 0.6) is 0 Å². The van der Waals surface area contributed by atoms with Crippen molar-refractivity contribution in [1.82, 2.24) is 0 Å². The van der Waals surface area contributed by atoms with E-state index in [1.54, 1.807) is 42.7 Å². The minimum Gasteiger partial charge on any atom is -0.377 e. The van der Waals surface area contributed by atoms with Crippen LogP contribution in [0.1, 0.15) is 52.4 Å². The Kier molecular flexibility index (Phi) is 19.1. The lowest BCUT2D eigenvalue weighted by Crippen LogP contribution is -2.43. The Morgan fingerprint density at radius 2 is 0.806 bits per heavy atom. The minimum absolute atomic E-state index is 0.879. The van der Waals surface area contributed by atoms with Gasteiger partial charge in [0, 0.05) is 54.7 Å². The van der Waals surface area contributed by atoms with Crippen LogP contribution in [0.4, 0.5) is 0 Å². The summed E-state index contributed by atoms with van der Waals surface area (Å²) in [6, 6.07) is 4.54. The molecule has 0 radical (unpaired) electrons. The summed E-state index contributed by atoms with van der Waals surface area (Å²) in [6.45, 7) is 4.61. The summed E-state index contributed by atoms with van der Waals surface area (Å²) in [4.78, 5) is 0. The van der Waals surface area contributed by atoms with Crippen molar-refractivity contribution in [1.29, 1.82) is 0 Å². The molecule has 0 aromatic rings. The minimum atomic E-state index is -2.47. The van der Waals surface area contributed by atoms with Gasteiger partial charge in [-0.25, -0.2) is 0 Å². The molecule has 0 amide bonds. The van der Waals surface area contributed by atoms with Crippen LogP contribution in [-0.2, 0) is 26.6 Å². The maximum atomic E-state index is 5.60. The smallest absolute Gasteiger partial charge is 0.377 e. The van der Waals surface area contributed by atoms with Gasteiger partial charge in [0.05, 0.1) is 0 Å². The van der Waals surface area contributed by atoms with E-state index in [4.69, 9.17) is 26.6 Å². The van der Waals surface area contributed by atoms with Crippen molar-refractivity contribution in [2.75, 3.05) is 54.2 Å². The van der Waals surface area contributed by atoms with E-state index in [9.17, 15) is 0 Å². The molecule has 0 unspecified atom stereocenters. The Morgan fingerprint density at radius 3 is 1.06 bits per heavy atom. The molecule has 6 nitrogen and oxygen atoms in total. The quantitative estimate of drug-likeness (QED) is 0.124. The van der Waals surface area contributed by atoms with Crippen LogP contribution >= 0.6 is 22.4 Å². The lowest BCUT2D eigenvalue weighted by molar-refractivity contribution is 0.123. The van der Waals surface area contributed by atoms with Gasteiger partial charge in [0.2, 0.25) is 0 Å². The van der Waals surface area contributed by atoms with Crippen molar-refractivity contribution in [2.24, 2.45) is 0 Å². The van der Waals surface area contributed by atoms with E-state index >= 15 is 0 Å². The Balaban J connectivity index is 4.98. The molecular formula is C20H48O6S2Si3. The van der Waals surface area contributed by atoms with Gasteiger partial charge in [0.25, 0.3) is 0 Å². The summed E-state index contributed by atoms with van der Waals surface area (Å²) in [6.07, 6.45) is 5.87. The van der Waals surface area contributed by atoms with E-state index in [1.165, 1.54) is 37.8 Å². The molecule has 0 aromatic carbocycles. The predicted molar refractivity (Wildman–Crippen MR) is 143 cm³/mol. The van der Waals surface area contributed by atoms with Gasteiger partial charge < -0.3 is 26.6 Å². The first-order valence-corrected chi connectivity index (χ1v) is 21.2. The van der Waals surface area contributed by atoms with E-state index in [0.717, 1.165) is 36.4 Å². The van der Waals surface area contributed by atoms with E-state index in [2.05, 4.69) is 36.3 Å². The molecule has 0 rings (SSSR count). The monoisotopic (exact) mass is 532 g/mol. The Morgan fingerprint density at radius 1 is 0.484 bits per heavy atom. The second kappa shape index (κ2) is 18.4. The first-order valence-electron chi connectivity index (χ1n) is 11.5. The fraction of sp³-hybridized carbons (Fsp3) is 1.00. The third-order valence-corrected chi connectivity index (χ3v) is 24.6. The average molecular weight is 533 g/mol. The zero-order valence-corrected chi connectivity index (χ0v) is 25.9. The molecule has 0 spiro atoms. The van der Waals surface area contributed by atoms with Crippen LogP contribution < -0.4 is 0 Å². The third-order valence-electron chi connectivity index (χ3n) is 5.67. The molecule has 0 heterocycles. The van der Waals surface area contributed by atoms with Crippen LogP contribution in [0.15, 0.2) is 0 Å². The molecule has 0 aliphatic rings. The molecule has 0 saturated heterocycles. The molecule has 0 saturated carbocycles. The van der Waals surface area contributed by atoms with Crippen LogP contribution in [0, 0.1) is 0 Å². The predicted octanol–water partition coefficient (Wildman–Crippen LogP) is 6.03. The molecule has 0 bridgehead atoms. The summed E-state index contributed by atoms with van der Waals surface area (Å²) >= 11 is 4.54. The zero-order chi connectivity index (χ0) is 23.6. The fourth-order valence-corrected chi connectivity index (χ4v) is 20.6. The second-order valence-corrected chi connectivity index (χ2v) is 25.2. The Hall–Kier alpha value is 1.11. The van der Waals surface area contributed by atoms with Crippen LogP contribution in [0.2, 0.25) is 24.2 Å². The highest BCUT2D eigenvalue weighted by Gasteiger charge is 2.39. The zero-order valence-electron chi connectivity index (χ0n) is 21.3. The first kappa shape index (κ1) is 32.1. The Labute approximate surface area is 203 Å². The number of rotatable bonds is 22. The van der Waals surface area contributed by atoms with E-state index in [-0.39, 0.29) is 0 Å². The highest BCUT2D eigenvalue weighted by atomic mass is 32.6. The normalized spacial score (nSPS) is 13.2. The van der Waals surface area contributed by atoms with E-state index < -0.39 is 24.0 Å². The molecule has 188 valence electrons. The first-order chi connectivity index (χ1) is 14.9. The molecule has 11 heteroatoms. The molecular weight excluding hydrogens is 485 g/mol. The molecule has 31 heavy (non-hydrogen) atoms. The number of hydrogen-bond acceptors (Lipinski definition) is 8. The van der Waals surface area contributed by atoms with Gasteiger partial charge in [0.15, 0.2) is 6.37 Å². The van der Waals surface area contributed by atoms with Crippen LogP contribution in [-0.4, -0.2) is 78.1 Å². The number of unbranched alkanes of at least 4 members (excludes halogenated alkanes) is 2. The van der Waals surface area contributed by atoms with E-state index in [1.807, 2.05) is 0 Å². The van der Waals surface area contributed by atoms with Crippen molar-refractivity contribution in [3.05, 3.63) is 0 Å². The lowest BCUT2D eigenvalue weighted by atomic mass is 10.4. The summed E-state index contributed by atoms with van der Waals surface area (Å²) in [5, 5.41) is 0. The molecule has 0 aliphatic carbocycles. The molecule has 0 fully saturated rings. The van der Waals surface area contributed by atoms with Crippen molar-refractivity contribution in [2.45, 2.75) is 76.5 Å². The molecule has 0 aromatic heterocycles. The van der Waals surface area contributed by atoms with E-state index in [0.29, 0.717) is 0 Å². The van der Waals surface area contributed by atoms with Crippen LogP contribution in [0.3, 0.4) is 0 Å². The van der Waals surface area contributed by atoms with Gasteiger partial charge in [-0.05, 0) is 36.4 Å². The van der Waals surface area contributed by atoms with Crippen molar-refractivity contribution < 1.29 is 26.6 Å². The van der Waals surface area contributed by atoms with Crippen molar-refractivity contribution in [3.8, 4) is 0 Å². The maximum Gasteiger partial charge on any atom is 0.500 e. The summed E-state index contributed by atoms with van der Waals surface area (Å²) < 4.78 is 33.6. The largest absolute Gasteiger partial charge is 0.500 e. The fourth-order valence-electron chi connectivity index (χ4n) is 3.55. The van der Waals surface area contributed by atoms with Gasteiger partial charge >= 0.3 is 17.6 Å². The van der Waals surface area contributed by atoms with Crippen molar-refractivity contribution in [3.63, 3.8) is 0 Å².